The Balaban J connectivity index is 2.36. The van der Waals surface area contributed by atoms with Crippen molar-refractivity contribution in [3.8, 4) is 11.5 Å². The lowest BCUT2D eigenvalue weighted by atomic mass is 10.1. The van der Waals surface area contributed by atoms with Crippen LogP contribution in [0, 0.1) is 13.8 Å². The number of para-hydroxylation sites is 1. The third-order valence-corrected chi connectivity index (χ3v) is 2.66. The van der Waals surface area contributed by atoms with Crippen molar-refractivity contribution in [2.75, 3.05) is 0 Å². The SMILES string of the molecule is Cc1ccccc1Oc1cc(C=O)ccc1C. The van der Waals surface area contributed by atoms with E-state index in [4.69, 9.17) is 4.74 Å². The number of rotatable bonds is 3. The van der Waals surface area contributed by atoms with Gasteiger partial charge in [-0.2, -0.15) is 0 Å². The fraction of sp³-hybridized carbons (Fsp3) is 0.133. The molecule has 0 saturated heterocycles. The van der Waals surface area contributed by atoms with Gasteiger partial charge in [-0.25, -0.2) is 0 Å². The predicted octanol–water partition coefficient (Wildman–Crippen LogP) is 3.91. The molecule has 0 saturated carbocycles. The van der Waals surface area contributed by atoms with Gasteiger partial charge in [-0.15, -0.1) is 0 Å². The Hall–Kier alpha value is -2.09. The van der Waals surface area contributed by atoms with Gasteiger partial charge in [0.2, 0.25) is 0 Å². The number of hydrogen-bond donors (Lipinski definition) is 0. The molecule has 0 fully saturated rings. The minimum Gasteiger partial charge on any atom is -0.457 e. The molecule has 86 valence electrons. The maximum absolute atomic E-state index is 10.7. The molecule has 2 nitrogen and oxygen atoms in total. The Morgan fingerprint density at radius 3 is 2.35 bits per heavy atom. The first kappa shape index (κ1) is 11.4. The minimum atomic E-state index is 0.624. The highest BCUT2D eigenvalue weighted by molar-refractivity contribution is 5.76. The van der Waals surface area contributed by atoms with Crippen LogP contribution in [0.5, 0.6) is 11.5 Å². The molecule has 17 heavy (non-hydrogen) atoms. The number of benzene rings is 2. The normalized spacial score (nSPS) is 10.0. The van der Waals surface area contributed by atoms with Crippen molar-refractivity contribution in [2.24, 2.45) is 0 Å². The Labute approximate surface area is 101 Å². The van der Waals surface area contributed by atoms with Crippen LogP contribution in [0.15, 0.2) is 42.5 Å². The zero-order valence-corrected chi connectivity index (χ0v) is 9.94. The highest BCUT2D eigenvalue weighted by atomic mass is 16.5. The summed E-state index contributed by atoms with van der Waals surface area (Å²) in [6.45, 7) is 3.95. The van der Waals surface area contributed by atoms with E-state index >= 15 is 0 Å². The van der Waals surface area contributed by atoms with E-state index in [0.717, 1.165) is 28.9 Å². The molecule has 0 atom stereocenters. The molecule has 0 aliphatic rings. The van der Waals surface area contributed by atoms with Crippen LogP contribution in [-0.2, 0) is 0 Å². The molecule has 0 aliphatic carbocycles. The van der Waals surface area contributed by atoms with Crippen LogP contribution >= 0.6 is 0 Å². The number of aldehydes is 1. The summed E-state index contributed by atoms with van der Waals surface area (Å²) in [7, 11) is 0. The van der Waals surface area contributed by atoms with E-state index in [-0.39, 0.29) is 0 Å². The van der Waals surface area contributed by atoms with Crippen molar-refractivity contribution in [2.45, 2.75) is 13.8 Å². The summed E-state index contributed by atoms with van der Waals surface area (Å²) in [5.74, 6) is 1.54. The van der Waals surface area contributed by atoms with Crippen molar-refractivity contribution in [3.63, 3.8) is 0 Å². The molecule has 0 heterocycles. The van der Waals surface area contributed by atoms with E-state index < -0.39 is 0 Å². The molecular weight excluding hydrogens is 212 g/mol. The molecule has 0 N–H and O–H groups in total. The molecule has 0 unspecified atom stereocenters. The lowest BCUT2D eigenvalue weighted by Gasteiger charge is -2.11. The van der Waals surface area contributed by atoms with Crippen molar-refractivity contribution < 1.29 is 9.53 Å². The fourth-order valence-electron chi connectivity index (χ4n) is 1.59. The van der Waals surface area contributed by atoms with E-state index in [9.17, 15) is 4.79 Å². The molecule has 0 radical (unpaired) electrons. The summed E-state index contributed by atoms with van der Waals surface area (Å²) >= 11 is 0. The van der Waals surface area contributed by atoms with Gasteiger partial charge in [0.15, 0.2) is 0 Å². The van der Waals surface area contributed by atoms with Gasteiger partial charge in [0.1, 0.15) is 17.8 Å². The minimum absolute atomic E-state index is 0.624. The Morgan fingerprint density at radius 2 is 1.65 bits per heavy atom. The van der Waals surface area contributed by atoms with E-state index in [1.54, 1.807) is 12.1 Å². The second-order valence-electron chi connectivity index (χ2n) is 4.01. The van der Waals surface area contributed by atoms with Crippen LogP contribution in [0.2, 0.25) is 0 Å². The van der Waals surface area contributed by atoms with Crippen molar-refractivity contribution in [3.05, 3.63) is 59.2 Å². The van der Waals surface area contributed by atoms with Gasteiger partial charge in [0.05, 0.1) is 0 Å². The molecule has 0 bridgehead atoms. The van der Waals surface area contributed by atoms with Gasteiger partial charge in [-0.1, -0.05) is 30.3 Å². The summed E-state index contributed by atoms with van der Waals surface area (Å²) in [4.78, 5) is 10.7. The van der Waals surface area contributed by atoms with Gasteiger partial charge in [-0.3, -0.25) is 4.79 Å². The second kappa shape index (κ2) is 4.83. The van der Waals surface area contributed by atoms with Crippen LogP contribution < -0.4 is 4.74 Å². The molecule has 0 amide bonds. The summed E-state index contributed by atoms with van der Waals surface area (Å²) in [5.41, 5.74) is 2.71. The zero-order chi connectivity index (χ0) is 12.3. The summed E-state index contributed by atoms with van der Waals surface area (Å²) in [6.07, 6.45) is 0.824. The third-order valence-electron chi connectivity index (χ3n) is 2.66. The smallest absolute Gasteiger partial charge is 0.150 e. The molecule has 0 aliphatic heterocycles. The second-order valence-corrected chi connectivity index (χ2v) is 4.01. The molecule has 2 aromatic rings. The average molecular weight is 226 g/mol. The highest BCUT2D eigenvalue weighted by Gasteiger charge is 2.04. The number of aryl methyl sites for hydroxylation is 2. The molecule has 0 aromatic heterocycles. The van der Waals surface area contributed by atoms with Crippen LogP contribution in [0.4, 0.5) is 0 Å². The van der Waals surface area contributed by atoms with Crippen LogP contribution in [-0.4, -0.2) is 6.29 Å². The van der Waals surface area contributed by atoms with Crippen LogP contribution in [0.3, 0.4) is 0 Å². The number of hydrogen-bond acceptors (Lipinski definition) is 2. The van der Waals surface area contributed by atoms with Gasteiger partial charge in [0.25, 0.3) is 0 Å². The molecule has 2 aromatic carbocycles. The molecular formula is C15H14O2. The van der Waals surface area contributed by atoms with Gasteiger partial charge in [-0.05, 0) is 37.1 Å². The van der Waals surface area contributed by atoms with Crippen molar-refractivity contribution in [1.29, 1.82) is 0 Å². The van der Waals surface area contributed by atoms with Crippen molar-refractivity contribution in [1.82, 2.24) is 0 Å². The maximum Gasteiger partial charge on any atom is 0.150 e. The molecule has 0 spiro atoms. The number of carbonyl (C=O) groups excluding carboxylic acids is 1. The van der Waals surface area contributed by atoms with E-state index in [1.807, 2.05) is 44.2 Å². The van der Waals surface area contributed by atoms with E-state index in [0.29, 0.717) is 5.56 Å². The number of carbonyl (C=O) groups is 1. The largest absolute Gasteiger partial charge is 0.457 e. The number of ether oxygens (including phenoxy) is 1. The van der Waals surface area contributed by atoms with Gasteiger partial charge >= 0.3 is 0 Å². The summed E-state index contributed by atoms with van der Waals surface area (Å²) in [5, 5.41) is 0. The summed E-state index contributed by atoms with van der Waals surface area (Å²) in [6, 6.07) is 13.2. The molecule has 2 rings (SSSR count). The van der Waals surface area contributed by atoms with Crippen LogP contribution in [0.25, 0.3) is 0 Å². The average Bonchev–Trinajstić information content (AvgIpc) is 2.35. The fourth-order valence-corrected chi connectivity index (χ4v) is 1.59. The zero-order valence-electron chi connectivity index (χ0n) is 9.94. The van der Waals surface area contributed by atoms with Crippen LogP contribution in [0.1, 0.15) is 21.5 Å². The monoisotopic (exact) mass is 226 g/mol. The lowest BCUT2D eigenvalue weighted by Crippen LogP contribution is -1.91. The van der Waals surface area contributed by atoms with Crippen molar-refractivity contribution >= 4 is 6.29 Å². The Kier molecular flexibility index (Phi) is 3.24. The first-order valence-corrected chi connectivity index (χ1v) is 5.50. The topological polar surface area (TPSA) is 26.3 Å². The van der Waals surface area contributed by atoms with Gasteiger partial charge in [0, 0.05) is 5.56 Å². The lowest BCUT2D eigenvalue weighted by molar-refractivity contribution is 0.112. The van der Waals surface area contributed by atoms with E-state index in [2.05, 4.69) is 0 Å². The predicted molar refractivity (Wildman–Crippen MR) is 67.8 cm³/mol. The first-order valence-electron chi connectivity index (χ1n) is 5.50. The Morgan fingerprint density at radius 1 is 0.941 bits per heavy atom. The third kappa shape index (κ3) is 2.53. The van der Waals surface area contributed by atoms with Gasteiger partial charge < -0.3 is 4.74 Å². The highest BCUT2D eigenvalue weighted by Crippen LogP contribution is 2.27. The standard InChI is InChI=1S/C15H14O2/c1-11-5-3-4-6-14(11)17-15-9-13(10-16)8-7-12(15)2/h3-10H,1-2H3. The van der Waals surface area contributed by atoms with E-state index in [1.165, 1.54) is 0 Å². The Bertz CT molecular complexity index is 544. The quantitative estimate of drug-likeness (QED) is 0.742. The first-order chi connectivity index (χ1) is 8.20. The summed E-state index contributed by atoms with van der Waals surface area (Å²) < 4.78 is 5.82. The maximum atomic E-state index is 10.7. The molecule has 2 heteroatoms.